The standard InChI is InChI=1S/C42H39N3/c1-41(2)31-13-5-9-17-37(31)44(38-18-10-6-14-32(38)41)27-21-23-29-30-24-22-28(26-36(30)43-35(29)25-27)45-39-19-11-7-15-33(39)42(3,4)34-16-8-12-20-40(34)45/h5,7,9-13,15,17-26,43H,6,8,14,16H2,1-4H3. The molecule has 0 saturated heterocycles. The van der Waals surface area contributed by atoms with Crippen molar-refractivity contribution in [1.29, 1.82) is 0 Å². The first-order chi connectivity index (χ1) is 21.8. The molecule has 1 N–H and O–H groups in total. The quantitative estimate of drug-likeness (QED) is 0.223. The number of hydrogen-bond donors (Lipinski definition) is 1. The summed E-state index contributed by atoms with van der Waals surface area (Å²) in [5.74, 6) is 0. The van der Waals surface area contributed by atoms with Crippen molar-refractivity contribution in [2.75, 3.05) is 9.80 Å². The normalized spacial score (nSPS) is 19.6. The van der Waals surface area contributed by atoms with Crippen LogP contribution in [-0.4, -0.2) is 4.98 Å². The zero-order chi connectivity index (χ0) is 30.5. The van der Waals surface area contributed by atoms with Gasteiger partial charge in [-0.15, -0.1) is 0 Å². The SMILES string of the molecule is CC1(C)C2=C(C=CCC2)N(c2ccc3c(c2)[nH]c2cc(N4C5=C(CCC=C5)C(C)(C)c5ccccc54)ccc23)c2ccccc21. The van der Waals surface area contributed by atoms with Gasteiger partial charge in [0.15, 0.2) is 0 Å². The van der Waals surface area contributed by atoms with E-state index in [-0.39, 0.29) is 10.8 Å². The molecule has 3 heterocycles. The molecular formula is C42H39N3. The summed E-state index contributed by atoms with van der Waals surface area (Å²) in [5.41, 5.74) is 15.8. The highest BCUT2D eigenvalue weighted by Crippen LogP contribution is 2.53. The molecule has 4 aliphatic rings. The van der Waals surface area contributed by atoms with Crippen molar-refractivity contribution in [2.24, 2.45) is 0 Å². The molecule has 3 nitrogen and oxygen atoms in total. The molecule has 0 bridgehead atoms. The van der Waals surface area contributed by atoms with E-state index in [4.69, 9.17) is 0 Å². The number of nitrogens with one attached hydrogen (secondary N) is 1. The Bertz CT molecular complexity index is 2030. The number of anilines is 4. The van der Waals surface area contributed by atoms with Gasteiger partial charge in [-0.1, -0.05) is 88.4 Å². The molecule has 0 unspecified atom stereocenters. The Balaban J connectivity index is 1.19. The van der Waals surface area contributed by atoms with Gasteiger partial charge in [-0.25, -0.2) is 0 Å². The molecule has 3 heteroatoms. The molecule has 222 valence electrons. The topological polar surface area (TPSA) is 22.3 Å². The Hall–Kier alpha value is -4.76. The van der Waals surface area contributed by atoms with Crippen LogP contribution in [0.15, 0.2) is 132 Å². The fourth-order valence-corrected chi connectivity index (χ4v) is 8.69. The van der Waals surface area contributed by atoms with E-state index in [1.807, 2.05) is 0 Å². The van der Waals surface area contributed by atoms with Crippen LogP contribution in [0.2, 0.25) is 0 Å². The van der Waals surface area contributed by atoms with Crippen LogP contribution < -0.4 is 9.80 Å². The highest BCUT2D eigenvalue weighted by molar-refractivity contribution is 6.09. The van der Waals surface area contributed by atoms with E-state index in [0.29, 0.717) is 0 Å². The minimum Gasteiger partial charge on any atom is -0.354 e. The second-order valence-electron chi connectivity index (χ2n) is 14.1. The minimum absolute atomic E-state index is 0.0138. The summed E-state index contributed by atoms with van der Waals surface area (Å²) in [6.07, 6.45) is 13.8. The van der Waals surface area contributed by atoms with Gasteiger partial charge >= 0.3 is 0 Å². The first-order valence-electron chi connectivity index (χ1n) is 16.5. The fraction of sp³-hybridized carbons (Fsp3) is 0.238. The smallest absolute Gasteiger partial charge is 0.0502 e. The van der Waals surface area contributed by atoms with E-state index in [2.05, 4.69) is 152 Å². The number of nitrogens with zero attached hydrogens (tertiary/aromatic N) is 2. The van der Waals surface area contributed by atoms with E-state index in [0.717, 1.165) is 25.7 Å². The van der Waals surface area contributed by atoms with Gasteiger partial charge in [0.2, 0.25) is 0 Å². The number of aromatic amines is 1. The Morgan fingerprint density at radius 3 is 1.47 bits per heavy atom. The third kappa shape index (κ3) is 3.70. The van der Waals surface area contributed by atoms with Gasteiger partial charge in [-0.3, -0.25) is 0 Å². The molecule has 0 spiro atoms. The molecule has 4 aromatic carbocycles. The molecule has 1 aromatic heterocycles. The molecular weight excluding hydrogens is 546 g/mol. The van der Waals surface area contributed by atoms with Crippen molar-refractivity contribution in [1.82, 2.24) is 4.98 Å². The molecule has 0 saturated carbocycles. The van der Waals surface area contributed by atoms with E-state index in [1.54, 1.807) is 0 Å². The lowest BCUT2D eigenvalue weighted by Gasteiger charge is -2.44. The number of benzene rings is 4. The zero-order valence-corrected chi connectivity index (χ0v) is 26.6. The highest BCUT2D eigenvalue weighted by atomic mass is 15.2. The number of allylic oxidation sites excluding steroid dienone is 6. The van der Waals surface area contributed by atoms with Crippen LogP contribution in [0.3, 0.4) is 0 Å². The highest BCUT2D eigenvalue weighted by Gasteiger charge is 2.39. The minimum atomic E-state index is 0.0138. The molecule has 9 rings (SSSR count). The van der Waals surface area contributed by atoms with E-state index >= 15 is 0 Å². The van der Waals surface area contributed by atoms with Crippen molar-refractivity contribution in [3.63, 3.8) is 0 Å². The maximum atomic E-state index is 3.84. The summed E-state index contributed by atoms with van der Waals surface area (Å²) < 4.78 is 0. The summed E-state index contributed by atoms with van der Waals surface area (Å²) >= 11 is 0. The molecule has 5 aromatic rings. The number of rotatable bonds is 2. The molecule has 2 aliphatic heterocycles. The van der Waals surface area contributed by atoms with Gasteiger partial charge in [0.1, 0.15) is 0 Å². The van der Waals surface area contributed by atoms with Gasteiger partial charge in [0, 0.05) is 55.4 Å². The molecule has 0 amide bonds. The summed E-state index contributed by atoms with van der Waals surface area (Å²) in [7, 11) is 0. The third-order valence-corrected chi connectivity index (χ3v) is 11.0. The van der Waals surface area contributed by atoms with Crippen LogP contribution in [0, 0.1) is 0 Å². The van der Waals surface area contributed by atoms with Crippen molar-refractivity contribution in [3.05, 3.63) is 143 Å². The van der Waals surface area contributed by atoms with Crippen LogP contribution in [-0.2, 0) is 10.8 Å². The van der Waals surface area contributed by atoms with Crippen molar-refractivity contribution in [2.45, 2.75) is 64.2 Å². The van der Waals surface area contributed by atoms with Gasteiger partial charge in [-0.2, -0.15) is 0 Å². The van der Waals surface area contributed by atoms with Crippen molar-refractivity contribution >= 4 is 44.6 Å². The second kappa shape index (κ2) is 9.37. The number of H-pyrrole nitrogens is 1. The zero-order valence-electron chi connectivity index (χ0n) is 26.6. The molecule has 0 radical (unpaired) electrons. The average molecular weight is 586 g/mol. The van der Waals surface area contributed by atoms with Crippen LogP contribution in [0.25, 0.3) is 21.8 Å². The number of para-hydroxylation sites is 2. The van der Waals surface area contributed by atoms with Gasteiger partial charge < -0.3 is 14.8 Å². The third-order valence-electron chi connectivity index (χ3n) is 11.0. The van der Waals surface area contributed by atoms with Crippen molar-refractivity contribution < 1.29 is 0 Å². The van der Waals surface area contributed by atoms with Gasteiger partial charge in [0.25, 0.3) is 0 Å². The van der Waals surface area contributed by atoms with E-state index < -0.39 is 0 Å². The number of fused-ring (bicyclic) bond motifs is 5. The maximum Gasteiger partial charge on any atom is 0.0502 e. The van der Waals surface area contributed by atoms with E-state index in [1.165, 1.54) is 78.2 Å². The van der Waals surface area contributed by atoms with Crippen LogP contribution in [0.5, 0.6) is 0 Å². The van der Waals surface area contributed by atoms with Crippen LogP contribution in [0.1, 0.15) is 64.5 Å². The summed E-state index contributed by atoms with van der Waals surface area (Å²) in [5, 5.41) is 2.52. The molecule has 2 aliphatic carbocycles. The number of hydrogen-bond acceptors (Lipinski definition) is 2. The van der Waals surface area contributed by atoms with Gasteiger partial charge in [0.05, 0.1) is 11.4 Å². The summed E-state index contributed by atoms with van der Waals surface area (Å²) in [4.78, 5) is 8.81. The lowest BCUT2D eigenvalue weighted by atomic mass is 9.70. The lowest BCUT2D eigenvalue weighted by Crippen LogP contribution is -2.34. The maximum absolute atomic E-state index is 3.84. The molecule has 45 heavy (non-hydrogen) atoms. The molecule has 0 atom stereocenters. The van der Waals surface area contributed by atoms with E-state index in [9.17, 15) is 0 Å². The first kappa shape index (κ1) is 26.6. The Morgan fingerprint density at radius 1 is 0.556 bits per heavy atom. The molecule has 0 fully saturated rings. The van der Waals surface area contributed by atoms with Crippen LogP contribution in [0.4, 0.5) is 22.7 Å². The van der Waals surface area contributed by atoms with Crippen molar-refractivity contribution in [3.8, 4) is 0 Å². The summed E-state index contributed by atoms with van der Waals surface area (Å²) in [6.45, 7) is 9.56. The Labute approximate surface area is 265 Å². The lowest BCUT2D eigenvalue weighted by molar-refractivity contribution is 0.570. The Morgan fingerprint density at radius 2 is 1.00 bits per heavy atom. The fourth-order valence-electron chi connectivity index (χ4n) is 8.69. The van der Waals surface area contributed by atoms with Gasteiger partial charge in [-0.05, 0) is 96.5 Å². The predicted molar refractivity (Wildman–Crippen MR) is 190 cm³/mol. The predicted octanol–water partition coefficient (Wildman–Crippen LogP) is 11.4. The monoisotopic (exact) mass is 585 g/mol. The first-order valence-corrected chi connectivity index (χ1v) is 16.5. The number of aromatic nitrogens is 1. The largest absolute Gasteiger partial charge is 0.354 e. The Kier molecular flexibility index (Phi) is 5.55. The second-order valence-corrected chi connectivity index (χ2v) is 14.1. The summed E-state index contributed by atoms with van der Waals surface area (Å²) in [6, 6.07) is 31.8. The van der Waals surface area contributed by atoms with Crippen LogP contribution >= 0.6 is 0 Å². The average Bonchev–Trinajstić information content (AvgIpc) is 3.42.